The van der Waals surface area contributed by atoms with Crippen molar-refractivity contribution in [2.45, 2.75) is 17.5 Å². The van der Waals surface area contributed by atoms with Gasteiger partial charge in [-0.05, 0) is 34.4 Å². The number of hydrogen-bond acceptors (Lipinski definition) is 3. The molecule has 2 amide bonds. The van der Waals surface area contributed by atoms with E-state index in [4.69, 9.17) is 0 Å². The summed E-state index contributed by atoms with van der Waals surface area (Å²) >= 11 is 0. The topological polar surface area (TPSA) is 74.7 Å². The molecule has 3 aromatic rings. The third-order valence-corrected chi connectivity index (χ3v) is 7.41. The van der Waals surface area contributed by atoms with E-state index in [1.807, 2.05) is 0 Å². The molecule has 1 aliphatic heterocycles. The number of nitrogens with zero attached hydrogens (tertiary/aromatic N) is 1. The van der Waals surface area contributed by atoms with E-state index >= 15 is 0 Å². The molecule has 0 unspecified atom stereocenters. The van der Waals surface area contributed by atoms with Gasteiger partial charge in [0.2, 0.25) is 11.8 Å². The molecular weight excluding hydrogens is 447 g/mol. The number of alkyl halides is 3. The molecule has 2 bridgehead atoms. The summed E-state index contributed by atoms with van der Waals surface area (Å²) < 4.78 is 41.3. The molecule has 170 valence electrons. The lowest BCUT2D eigenvalue weighted by Gasteiger charge is -2.51. The molecule has 3 aliphatic carbocycles. The molecule has 3 aromatic carbocycles. The predicted octanol–water partition coefficient (Wildman–Crippen LogP) is 4.34. The van der Waals surface area contributed by atoms with Gasteiger partial charge in [-0.2, -0.15) is 13.2 Å². The molecule has 8 heteroatoms. The number of amides is 2. The summed E-state index contributed by atoms with van der Waals surface area (Å²) in [5, 5.41) is 10.6. The summed E-state index contributed by atoms with van der Waals surface area (Å²) in [7, 11) is 0. The van der Waals surface area contributed by atoms with Gasteiger partial charge in [0.05, 0.1) is 23.1 Å². The summed E-state index contributed by atoms with van der Waals surface area (Å²) in [5.74, 6) is -6.19. The van der Waals surface area contributed by atoms with E-state index in [1.54, 1.807) is 48.5 Å². The van der Waals surface area contributed by atoms with E-state index in [1.165, 1.54) is 12.1 Å². The van der Waals surface area contributed by atoms with Crippen LogP contribution in [-0.2, 0) is 26.0 Å². The Bertz CT molecular complexity index is 1370. The van der Waals surface area contributed by atoms with E-state index in [9.17, 15) is 32.7 Å². The first-order valence-corrected chi connectivity index (χ1v) is 10.7. The van der Waals surface area contributed by atoms with Crippen LogP contribution in [0.25, 0.3) is 0 Å². The fourth-order valence-electron chi connectivity index (χ4n) is 6.28. The average molecular weight is 463 g/mol. The summed E-state index contributed by atoms with van der Waals surface area (Å²) in [4.78, 5) is 41.2. The van der Waals surface area contributed by atoms with E-state index in [-0.39, 0.29) is 0 Å². The first-order valence-electron chi connectivity index (χ1n) is 10.7. The summed E-state index contributed by atoms with van der Waals surface area (Å²) in [6.07, 6.45) is -4.81. The Morgan fingerprint density at radius 3 is 1.91 bits per heavy atom. The van der Waals surface area contributed by atoms with Crippen LogP contribution in [0.4, 0.5) is 18.9 Å². The fraction of sp³-hybridized carbons (Fsp3) is 0.192. The minimum atomic E-state index is -4.81. The second-order valence-electron chi connectivity index (χ2n) is 8.80. The highest BCUT2D eigenvalue weighted by molar-refractivity contribution is 6.25. The van der Waals surface area contributed by atoms with Crippen LogP contribution < -0.4 is 4.90 Å². The van der Waals surface area contributed by atoms with Crippen LogP contribution in [0.15, 0.2) is 72.8 Å². The standard InChI is InChI=1S/C26H16F3NO4/c27-26(28,29)17-11-5-6-12-18(17)30-22(31)20-19-13-7-1-3-9-15(13)25(24(33)34,21(20)23(30)32)16-10-4-2-8-14(16)19/h1-12,19-21H,(H,33,34)/t19?,20-,21-,25?/m1/s1. The van der Waals surface area contributed by atoms with E-state index in [2.05, 4.69) is 0 Å². The van der Waals surface area contributed by atoms with E-state index < -0.39 is 58.4 Å². The van der Waals surface area contributed by atoms with Crippen molar-refractivity contribution in [1.82, 2.24) is 0 Å². The molecule has 7 rings (SSSR count). The van der Waals surface area contributed by atoms with Gasteiger partial charge in [0.1, 0.15) is 5.41 Å². The number of carboxylic acid groups (broad SMARTS) is 1. The number of hydrogen-bond donors (Lipinski definition) is 1. The second kappa shape index (κ2) is 6.56. The van der Waals surface area contributed by atoms with Crippen LogP contribution in [0, 0.1) is 11.8 Å². The first-order chi connectivity index (χ1) is 16.2. The van der Waals surface area contributed by atoms with Crippen molar-refractivity contribution in [3.63, 3.8) is 0 Å². The lowest BCUT2D eigenvalue weighted by molar-refractivity contribution is -0.149. The number of halogens is 3. The van der Waals surface area contributed by atoms with Gasteiger partial charge in [0.25, 0.3) is 0 Å². The van der Waals surface area contributed by atoms with Crippen LogP contribution in [0.5, 0.6) is 0 Å². The molecule has 0 aromatic heterocycles. The number of benzene rings is 3. The number of aliphatic carboxylic acids is 1. The van der Waals surface area contributed by atoms with E-state index in [0.29, 0.717) is 27.2 Å². The monoisotopic (exact) mass is 463 g/mol. The van der Waals surface area contributed by atoms with Crippen LogP contribution in [-0.4, -0.2) is 22.9 Å². The molecule has 0 radical (unpaired) electrons. The van der Waals surface area contributed by atoms with E-state index in [0.717, 1.165) is 12.1 Å². The smallest absolute Gasteiger partial charge is 0.418 e. The zero-order valence-electron chi connectivity index (χ0n) is 17.4. The Kier molecular flexibility index (Phi) is 3.98. The Balaban J connectivity index is 1.66. The Labute approximate surface area is 191 Å². The molecule has 1 fully saturated rings. The molecule has 1 saturated heterocycles. The average Bonchev–Trinajstić information content (AvgIpc) is 3.09. The minimum Gasteiger partial charge on any atom is -0.480 e. The van der Waals surface area contributed by atoms with Gasteiger partial charge in [0.15, 0.2) is 0 Å². The molecule has 5 nitrogen and oxygen atoms in total. The van der Waals surface area contributed by atoms with Crippen molar-refractivity contribution in [2.75, 3.05) is 4.90 Å². The number of carboxylic acids is 1. The van der Waals surface area contributed by atoms with Gasteiger partial charge in [0, 0.05) is 5.92 Å². The van der Waals surface area contributed by atoms with Crippen molar-refractivity contribution >= 4 is 23.5 Å². The maximum absolute atomic E-state index is 13.8. The van der Waals surface area contributed by atoms with Crippen LogP contribution in [0.2, 0.25) is 0 Å². The van der Waals surface area contributed by atoms with Gasteiger partial charge in [-0.1, -0.05) is 60.7 Å². The number of para-hydroxylation sites is 1. The minimum absolute atomic E-state index is 0.402. The maximum Gasteiger partial charge on any atom is 0.418 e. The third kappa shape index (κ3) is 2.27. The number of carbonyl (C=O) groups is 3. The molecule has 1 N–H and O–H groups in total. The molecular formula is C26H16F3NO4. The van der Waals surface area contributed by atoms with Gasteiger partial charge in [-0.15, -0.1) is 0 Å². The largest absolute Gasteiger partial charge is 0.480 e. The van der Waals surface area contributed by atoms with Crippen molar-refractivity contribution < 1.29 is 32.7 Å². The number of imide groups is 1. The normalized spacial score (nSPS) is 26.8. The summed E-state index contributed by atoms with van der Waals surface area (Å²) in [6, 6.07) is 17.9. The molecule has 2 atom stereocenters. The highest BCUT2D eigenvalue weighted by Gasteiger charge is 2.71. The zero-order chi connectivity index (χ0) is 24.0. The Morgan fingerprint density at radius 2 is 1.35 bits per heavy atom. The highest BCUT2D eigenvalue weighted by atomic mass is 19.4. The van der Waals surface area contributed by atoms with Crippen LogP contribution in [0.1, 0.15) is 33.7 Å². The lowest BCUT2D eigenvalue weighted by atomic mass is 9.47. The first kappa shape index (κ1) is 20.7. The van der Waals surface area contributed by atoms with Crippen molar-refractivity contribution in [3.8, 4) is 0 Å². The number of rotatable bonds is 2. The van der Waals surface area contributed by atoms with Gasteiger partial charge < -0.3 is 5.11 Å². The summed E-state index contributed by atoms with van der Waals surface area (Å²) in [6.45, 7) is 0. The van der Waals surface area contributed by atoms with Crippen LogP contribution >= 0.6 is 0 Å². The maximum atomic E-state index is 13.8. The Morgan fingerprint density at radius 1 is 0.824 bits per heavy atom. The van der Waals surface area contributed by atoms with Crippen molar-refractivity contribution in [2.24, 2.45) is 11.8 Å². The summed E-state index contributed by atoms with van der Waals surface area (Å²) in [5.41, 5.74) is -1.57. The van der Waals surface area contributed by atoms with Crippen molar-refractivity contribution in [1.29, 1.82) is 0 Å². The third-order valence-electron chi connectivity index (χ3n) is 7.41. The molecule has 1 heterocycles. The fourth-order valence-corrected chi connectivity index (χ4v) is 6.28. The lowest BCUT2D eigenvalue weighted by Crippen LogP contribution is -2.57. The SMILES string of the molecule is O=C1[C@@H]2C3c4ccccc4C(C(=O)O)(c4ccccc43)[C@H]2C(=O)N1c1ccccc1C(F)(F)F. The molecule has 34 heavy (non-hydrogen) atoms. The van der Waals surface area contributed by atoms with Crippen molar-refractivity contribution in [3.05, 3.63) is 101 Å². The number of carbonyl (C=O) groups excluding carboxylic acids is 2. The number of anilines is 1. The van der Waals surface area contributed by atoms with Crippen LogP contribution in [0.3, 0.4) is 0 Å². The van der Waals surface area contributed by atoms with Gasteiger partial charge >= 0.3 is 12.1 Å². The predicted molar refractivity (Wildman–Crippen MR) is 114 cm³/mol. The Hall–Kier alpha value is -3.94. The van der Waals surface area contributed by atoms with Gasteiger partial charge in [-0.3, -0.25) is 14.4 Å². The second-order valence-corrected chi connectivity index (χ2v) is 8.80. The quantitative estimate of drug-likeness (QED) is 0.574. The zero-order valence-corrected chi connectivity index (χ0v) is 17.4. The van der Waals surface area contributed by atoms with Gasteiger partial charge in [-0.25, -0.2) is 4.90 Å². The molecule has 4 aliphatic rings. The molecule has 0 spiro atoms. The molecule has 0 saturated carbocycles. The highest BCUT2D eigenvalue weighted by Crippen LogP contribution is 2.64.